The van der Waals surface area contributed by atoms with Crippen molar-refractivity contribution in [3.8, 4) is 0 Å². The van der Waals surface area contributed by atoms with Crippen LogP contribution in [0.25, 0.3) is 0 Å². The first-order valence-corrected chi connectivity index (χ1v) is 4.02. The van der Waals surface area contributed by atoms with E-state index in [4.69, 9.17) is 5.73 Å². The van der Waals surface area contributed by atoms with Gasteiger partial charge in [-0.1, -0.05) is 0 Å². The fourth-order valence-electron chi connectivity index (χ4n) is 0.486. The number of hydrogen-bond acceptors (Lipinski definition) is 2. The van der Waals surface area contributed by atoms with Crippen LogP contribution in [0.3, 0.4) is 0 Å². The summed E-state index contributed by atoms with van der Waals surface area (Å²) in [6, 6.07) is 0. The van der Waals surface area contributed by atoms with E-state index in [0.29, 0.717) is 3.79 Å². The van der Waals surface area contributed by atoms with Crippen molar-refractivity contribution in [3.05, 3.63) is 20.5 Å². The van der Waals surface area contributed by atoms with Gasteiger partial charge in [0.05, 0.1) is 5.56 Å². The lowest BCUT2D eigenvalue weighted by atomic mass is 10.3. The fourth-order valence-corrected chi connectivity index (χ4v) is 1.63. The van der Waals surface area contributed by atoms with Crippen LogP contribution >= 0.6 is 27.3 Å². The molecule has 0 unspecified atom stereocenters. The summed E-state index contributed by atoms with van der Waals surface area (Å²) in [6.45, 7) is 0. The molecule has 0 aliphatic heterocycles. The van der Waals surface area contributed by atoms with Crippen molar-refractivity contribution in [2.75, 3.05) is 0 Å². The number of primary amides is 1. The van der Waals surface area contributed by atoms with Gasteiger partial charge in [0.15, 0.2) is 5.82 Å². The zero-order valence-electron chi connectivity index (χ0n) is 4.73. The Kier molecular flexibility index (Phi) is 2.05. The van der Waals surface area contributed by atoms with Gasteiger partial charge in [-0.2, -0.15) is 0 Å². The van der Waals surface area contributed by atoms with Crippen molar-refractivity contribution in [3.63, 3.8) is 0 Å². The lowest BCUT2D eigenvalue weighted by Gasteiger charge is -1.86. The van der Waals surface area contributed by atoms with E-state index < -0.39 is 11.7 Å². The third-order valence-corrected chi connectivity index (χ3v) is 2.60. The van der Waals surface area contributed by atoms with Gasteiger partial charge in [-0.25, -0.2) is 4.39 Å². The number of hydrogen-bond donors (Lipinski definition) is 1. The van der Waals surface area contributed by atoms with Crippen molar-refractivity contribution in [1.82, 2.24) is 0 Å². The molecule has 0 aromatic carbocycles. The van der Waals surface area contributed by atoms with Crippen LogP contribution < -0.4 is 5.73 Å². The van der Waals surface area contributed by atoms with Crippen molar-refractivity contribution in [2.45, 2.75) is 0 Å². The number of halogens is 2. The molecule has 0 fully saturated rings. The van der Waals surface area contributed by atoms with Crippen molar-refractivity contribution >= 4 is 33.2 Å². The maximum Gasteiger partial charge on any atom is 0.252 e. The van der Waals surface area contributed by atoms with Crippen LogP contribution in [-0.2, 0) is 0 Å². The predicted octanol–water partition coefficient (Wildman–Crippen LogP) is 1.75. The molecule has 5 heteroatoms. The van der Waals surface area contributed by atoms with E-state index in [9.17, 15) is 9.18 Å². The molecule has 2 N–H and O–H groups in total. The van der Waals surface area contributed by atoms with Gasteiger partial charge in [0.25, 0.3) is 5.91 Å². The monoisotopic (exact) mass is 223 g/mol. The average molecular weight is 224 g/mol. The number of carbonyl (C=O) groups excluding carboxylic acids is 1. The van der Waals surface area contributed by atoms with Gasteiger partial charge in [0.1, 0.15) is 3.79 Å². The minimum atomic E-state index is -0.737. The quantitative estimate of drug-likeness (QED) is 0.775. The molecule has 0 aliphatic carbocycles. The topological polar surface area (TPSA) is 43.1 Å². The summed E-state index contributed by atoms with van der Waals surface area (Å²) in [5.41, 5.74) is 4.78. The molecule has 0 radical (unpaired) electrons. The standard InChI is InChI=1S/C5H3BrFNOS/c6-4-3(7)2(1-10-4)5(8)9/h1H,(H2,8,9). The highest BCUT2D eigenvalue weighted by Gasteiger charge is 2.12. The molecule has 0 saturated carbocycles. The largest absolute Gasteiger partial charge is 0.365 e. The highest BCUT2D eigenvalue weighted by atomic mass is 79.9. The molecule has 1 amide bonds. The molecule has 2 nitrogen and oxygen atoms in total. The summed E-state index contributed by atoms with van der Waals surface area (Å²) in [6.07, 6.45) is 0. The Bertz CT molecular complexity index is 273. The minimum Gasteiger partial charge on any atom is -0.365 e. The molecule has 10 heavy (non-hydrogen) atoms. The second kappa shape index (κ2) is 2.67. The second-order valence-electron chi connectivity index (χ2n) is 1.60. The lowest BCUT2D eigenvalue weighted by molar-refractivity contribution is 0.0997. The fraction of sp³-hybridized carbons (Fsp3) is 0. The molecule has 0 aliphatic rings. The van der Waals surface area contributed by atoms with E-state index in [0.717, 1.165) is 11.3 Å². The van der Waals surface area contributed by atoms with Crippen LogP contribution in [0.1, 0.15) is 10.4 Å². The molecule has 0 atom stereocenters. The SMILES string of the molecule is NC(=O)c1csc(Br)c1F. The van der Waals surface area contributed by atoms with Gasteiger partial charge in [-0.3, -0.25) is 4.79 Å². The third-order valence-electron chi connectivity index (χ3n) is 0.955. The van der Waals surface area contributed by atoms with Gasteiger partial charge >= 0.3 is 0 Å². The number of carbonyl (C=O) groups is 1. The number of amides is 1. The zero-order valence-corrected chi connectivity index (χ0v) is 7.13. The summed E-state index contributed by atoms with van der Waals surface area (Å²) < 4.78 is 13.0. The van der Waals surface area contributed by atoms with Gasteiger partial charge in [-0.15, -0.1) is 11.3 Å². The van der Waals surface area contributed by atoms with Crippen LogP contribution in [-0.4, -0.2) is 5.91 Å². The lowest BCUT2D eigenvalue weighted by Crippen LogP contribution is -2.11. The van der Waals surface area contributed by atoms with E-state index >= 15 is 0 Å². The van der Waals surface area contributed by atoms with Crippen molar-refractivity contribution < 1.29 is 9.18 Å². The summed E-state index contributed by atoms with van der Waals surface area (Å²) in [7, 11) is 0. The zero-order chi connectivity index (χ0) is 7.72. The molecule has 0 saturated heterocycles. The summed E-state index contributed by atoms with van der Waals surface area (Å²) >= 11 is 4.02. The van der Waals surface area contributed by atoms with Crippen molar-refractivity contribution in [1.29, 1.82) is 0 Å². The normalized spacial score (nSPS) is 9.80. The number of rotatable bonds is 1. The average Bonchev–Trinajstić information content (AvgIpc) is 2.14. The van der Waals surface area contributed by atoms with Crippen LogP contribution in [0.2, 0.25) is 0 Å². The summed E-state index contributed by atoms with van der Waals surface area (Å²) in [5, 5.41) is 1.38. The van der Waals surface area contributed by atoms with Crippen LogP contribution in [0.15, 0.2) is 9.17 Å². The van der Waals surface area contributed by atoms with E-state index in [1.54, 1.807) is 0 Å². The Morgan fingerprint density at radius 3 is 2.60 bits per heavy atom. The van der Waals surface area contributed by atoms with E-state index in [1.807, 2.05) is 0 Å². The Hall–Kier alpha value is -0.420. The molecule has 1 rings (SSSR count). The van der Waals surface area contributed by atoms with Crippen LogP contribution in [0.5, 0.6) is 0 Å². The number of nitrogens with two attached hydrogens (primary N) is 1. The van der Waals surface area contributed by atoms with Crippen LogP contribution in [0.4, 0.5) is 4.39 Å². The van der Waals surface area contributed by atoms with Gasteiger partial charge in [0, 0.05) is 5.38 Å². The Morgan fingerprint density at radius 2 is 2.40 bits per heavy atom. The molecular weight excluding hydrogens is 221 g/mol. The maximum atomic E-state index is 12.7. The van der Waals surface area contributed by atoms with Crippen molar-refractivity contribution in [2.24, 2.45) is 5.73 Å². The van der Waals surface area contributed by atoms with Gasteiger partial charge in [0.2, 0.25) is 0 Å². The molecule has 1 aromatic heterocycles. The molecule has 1 aromatic rings. The third kappa shape index (κ3) is 1.19. The van der Waals surface area contributed by atoms with Gasteiger partial charge < -0.3 is 5.73 Å². The smallest absolute Gasteiger partial charge is 0.252 e. The van der Waals surface area contributed by atoms with E-state index in [-0.39, 0.29) is 5.56 Å². The molecule has 1 heterocycles. The molecule has 0 bridgehead atoms. The first-order chi connectivity index (χ1) is 4.63. The number of thiophene rings is 1. The van der Waals surface area contributed by atoms with Crippen LogP contribution in [0, 0.1) is 5.82 Å². The molecule has 54 valence electrons. The predicted molar refractivity (Wildman–Crippen MR) is 40.5 cm³/mol. The first kappa shape index (κ1) is 7.68. The highest BCUT2D eigenvalue weighted by Crippen LogP contribution is 2.25. The Balaban J connectivity index is 3.17. The minimum absolute atomic E-state index is 0.0584. The molecule has 0 spiro atoms. The Labute approximate surface area is 69.0 Å². The maximum absolute atomic E-state index is 12.7. The summed E-state index contributed by atoms with van der Waals surface area (Å²) in [4.78, 5) is 10.4. The summed E-state index contributed by atoms with van der Waals surface area (Å²) in [5.74, 6) is -1.31. The van der Waals surface area contributed by atoms with E-state index in [2.05, 4.69) is 15.9 Å². The van der Waals surface area contributed by atoms with Gasteiger partial charge in [-0.05, 0) is 15.9 Å². The first-order valence-electron chi connectivity index (χ1n) is 2.35. The molecular formula is C5H3BrFNOS. The highest BCUT2D eigenvalue weighted by molar-refractivity contribution is 9.11. The van der Waals surface area contributed by atoms with E-state index in [1.165, 1.54) is 5.38 Å². The second-order valence-corrected chi connectivity index (χ2v) is 3.80. The Morgan fingerprint density at radius 1 is 1.80 bits per heavy atom.